The van der Waals surface area contributed by atoms with Crippen molar-refractivity contribution in [1.29, 1.82) is 5.26 Å². The standard InChI is InChI=1S/C22H22FNO/c23-20-12-18(16-24)13-21(15-20)25-22(19-10-6-3-7-11-19)14-17-8-4-1-2-5-9-17/h1-3,6-7,10-13,15,17,22H,4-5,8-9,14H2. The number of hydrogen-bond donors (Lipinski definition) is 0. The Labute approximate surface area is 148 Å². The topological polar surface area (TPSA) is 33.0 Å². The van der Waals surface area contributed by atoms with Gasteiger partial charge in [-0.1, -0.05) is 42.5 Å². The second-order valence-corrected chi connectivity index (χ2v) is 6.53. The summed E-state index contributed by atoms with van der Waals surface area (Å²) >= 11 is 0. The Morgan fingerprint density at radius 3 is 2.48 bits per heavy atom. The number of ether oxygens (including phenoxy) is 1. The van der Waals surface area contributed by atoms with E-state index in [1.807, 2.05) is 36.4 Å². The van der Waals surface area contributed by atoms with Crippen LogP contribution in [0.25, 0.3) is 0 Å². The molecule has 0 heterocycles. The molecular weight excluding hydrogens is 313 g/mol. The molecule has 0 amide bonds. The van der Waals surface area contributed by atoms with Crippen LogP contribution in [-0.2, 0) is 0 Å². The van der Waals surface area contributed by atoms with E-state index in [0.29, 0.717) is 11.7 Å². The highest BCUT2D eigenvalue weighted by molar-refractivity contribution is 5.37. The van der Waals surface area contributed by atoms with E-state index >= 15 is 0 Å². The lowest BCUT2D eigenvalue weighted by molar-refractivity contribution is 0.163. The smallest absolute Gasteiger partial charge is 0.128 e. The average Bonchev–Trinajstić information content (AvgIpc) is 2.90. The summed E-state index contributed by atoms with van der Waals surface area (Å²) in [6.07, 6.45) is 9.76. The molecule has 0 N–H and O–H groups in total. The molecule has 0 saturated carbocycles. The molecule has 2 nitrogen and oxygen atoms in total. The van der Waals surface area contributed by atoms with Crippen LogP contribution in [0.4, 0.5) is 4.39 Å². The van der Waals surface area contributed by atoms with E-state index in [0.717, 1.165) is 37.7 Å². The molecule has 0 spiro atoms. The first-order chi connectivity index (χ1) is 12.2. The zero-order chi connectivity index (χ0) is 17.5. The molecule has 3 heteroatoms. The van der Waals surface area contributed by atoms with Crippen molar-refractivity contribution in [3.05, 3.63) is 77.6 Å². The van der Waals surface area contributed by atoms with Crippen LogP contribution in [0.15, 0.2) is 60.7 Å². The zero-order valence-electron chi connectivity index (χ0n) is 14.2. The molecule has 3 rings (SSSR count). The van der Waals surface area contributed by atoms with Gasteiger partial charge in [-0.3, -0.25) is 0 Å². The van der Waals surface area contributed by atoms with Crippen LogP contribution in [0.1, 0.15) is 49.3 Å². The lowest BCUT2D eigenvalue weighted by Crippen LogP contribution is -2.13. The molecule has 1 aliphatic rings. The van der Waals surface area contributed by atoms with Crippen molar-refractivity contribution in [3.8, 4) is 11.8 Å². The van der Waals surface area contributed by atoms with E-state index in [9.17, 15) is 4.39 Å². The number of benzene rings is 2. The summed E-state index contributed by atoms with van der Waals surface area (Å²) in [5, 5.41) is 9.05. The quantitative estimate of drug-likeness (QED) is 0.632. The summed E-state index contributed by atoms with van der Waals surface area (Å²) in [4.78, 5) is 0. The number of nitrogens with zero attached hydrogens (tertiary/aromatic N) is 1. The van der Waals surface area contributed by atoms with E-state index in [1.165, 1.54) is 12.1 Å². The van der Waals surface area contributed by atoms with Gasteiger partial charge in [-0.15, -0.1) is 0 Å². The second kappa shape index (κ2) is 8.48. The van der Waals surface area contributed by atoms with E-state index < -0.39 is 5.82 Å². The molecule has 0 bridgehead atoms. The summed E-state index contributed by atoms with van der Waals surface area (Å²) in [7, 11) is 0. The summed E-state index contributed by atoms with van der Waals surface area (Å²) in [5.74, 6) is 0.542. The van der Waals surface area contributed by atoms with Crippen molar-refractivity contribution in [2.45, 2.75) is 38.2 Å². The van der Waals surface area contributed by atoms with Crippen LogP contribution in [-0.4, -0.2) is 0 Å². The van der Waals surface area contributed by atoms with E-state index in [1.54, 1.807) is 6.07 Å². The fourth-order valence-electron chi connectivity index (χ4n) is 3.36. The monoisotopic (exact) mass is 335 g/mol. The Morgan fingerprint density at radius 2 is 1.80 bits per heavy atom. The summed E-state index contributed by atoms with van der Waals surface area (Å²) in [6.45, 7) is 0. The molecule has 0 fully saturated rings. The van der Waals surface area contributed by atoms with Crippen molar-refractivity contribution in [2.75, 3.05) is 0 Å². The highest BCUT2D eigenvalue weighted by atomic mass is 19.1. The maximum absolute atomic E-state index is 13.7. The van der Waals surface area contributed by atoms with Crippen molar-refractivity contribution >= 4 is 0 Å². The number of allylic oxidation sites excluding steroid dienone is 2. The van der Waals surface area contributed by atoms with Crippen LogP contribution < -0.4 is 4.74 Å². The van der Waals surface area contributed by atoms with Gasteiger partial charge in [-0.25, -0.2) is 4.39 Å². The Morgan fingerprint density at radius 1 is 1.08 bits per heavy atom. The molecule has 0 radical (unpaired) electrons. The van der Waals surface area contributed by atoms with Gasteiger partial charge < -0.3 is 4.74 Å². The fraction of sp³-hybridized carbons (Fsp3) is 0.318. The van der Waals surface area contributed by atoms with Crippen molar-refractivity contribution in [1.82, 2.24) is 0 Å². The zero-order valence-corrected chi connectivity index (χ0v) is 14.2. The van der Waals surface area contributed by atoms with Crippen molar-refractivity contribution in [3.63, 3.8) is 0 Å². The Balaban J connectivity index is 1.81. The van der Waals surface area contributed by atoms with Gasteiger partial charge in [-0.05, 0) is 55.7 Å². The highest BCUT2D eigenvalue weighted by Gasteiger charge is 2.20. The fourth-order valence-corrected chi connectivity index (χ4v) is 3.36. The number of hydrogen-bond acceptors (Lipinski definition) is 2. The minimum Gasteiger partial charge on any atom is -0.486 e. The third kappa shape index (κ3) is 4.93. The van der Waals surface area contributed by atoms with Gasteiger partial charge in [0.25, 0.3) is 0 Å². The van der Waals surface area contributed by atoms with Gasteiger partial charge in [-0.2, -0.15) is 5.26 Å². The molecule has 1 atom stereocenters. The minimum absolute atomic E-state index is 0.141. The number of nitriles is 1. The number of halogens is 1. The summed E-state index contributed by atoms with van der Waals surface area (Å²) in [5.41, 5.74) is 1.36. The largest absolute Gasteiger partial charge is 0.486 e. The van der Waals surface area contributed by atoms with E-state index in [2.05, 4.69) is 12.2 Å². The van der Waals surface area contributed by atoms with Crippen LogP contribution in [0.3, 0.4) is 0 Å². The molecular formula is C22H22FNO. The van der Waals surface area contributed by atoms with Gasteiger partial charge in [0.05, 0.1) is 11.6 Å². The first kappa shape index (κ1) is 17.2. The van der Waals surface area contributed by atoms with Crippen LogP contribution >= 0.6 is 0 Å². The van der Waals surface area contributed by atoms with Gasteiger partial charge >= 0.3 is 0 Å². The maximum atomic E-state index is 13.7. The molecule has 1 aliphatic carbocycles. The molecule has 128 valence electrons. The first-order valence-corrected chi connectivity index (χ1v) is 8.82. The van der Waals surface area contributed by atoms with Crippen molar-refractivity contribution < 1.29 is 9.13 Å². The third-order valence-electron chi connectivity index (χ3n) is 4.65. The molecule has 0 aromatic heterocycles. The van der Waals surface area contributed by atoms with Gasteiger partial charge in [0.2, 0.25) is 0 Å². The summed E-state index contributed by atoms with van der Waals surface area (Å²) in [6, 6.07) is 16.2. The van der Waals surface area contributed by atoms with Crippen LogP contribution in [0.2, 0.25) is 0 Å². The molecule has 2 aromatic rings. The molecule has 0 saturated heterocycles. The van der Waals surface area contributed by atoms with Crippen LogP contribution in [0.5, 0.6) is 5.75 Å². The van der Waals surface area contributed by atoms with Gasteiger partial charge in [0.15, 0.2) is 0 Å². The first-order valence-electron chi connectivity index (χ1n) is 8.82. The van der Waals surface area contributed by atoms with E-state index in [4.69, 9.17) is 10.00 Å². The second-order valence-electron chi connectivity index (χ2n) is 6.53. The van der Waals surface area contributed by atoms with Gasteiger partial charge in [0, 0.05) is 6.07 Å². The number of rotatable bonds is 5. The molecule has 1 unspecified atom stereocenters. The average molecular weight is 335 g/mol. The molecule has 0 aliphatic heterocycles. The Kier molecular flexibility index (Phi) is 5.85. The van der Waals surface area contributed by atoms with E-state index in [-0.39, 0.29) is 11.7 Å². The molecule has 25 heavy (non-hydrogen) atoms. The predicted octanol–water partition coefficient (Wildman–Crippen LogP) is 5.95. The Hall–Kier alpha value is -2.60. The SMILES string of the molecule is N#Cc1cc(F)cc(OC(CC2CCC=CCC2)c2ccccc2)c1. The van der Waals surface area contributed by atoms with Crippen molar-refractivity contribution in [2.24, 2.45) is 5.92 Å². The lowest BCUT2D eigenvalue weighted by Gasteiger charge is -2.24. The molecule has 2 aromatic carbocycles. The highest BCUT2D eigenvalue weighted by Crippen LogP contribution is 2.33. The summed E-state index contributed by atoms with van der Waals surface area (Å²) < 4.78 is 19.9. The lowest BCUT2D eigenvalue weighted by atomic mass is 9.90. The van der Waals surface area contributed by atoms with Crippen LogP contribution in [0, 0.1) is 23.1 Å². The predicted molar refractivity (Wildman–Crippen MR) is 96.6 cm³/mol. The van der Waals surface area contributed by atoms with Gasteiger partial charge in [0.1, 0.15) is 17.7 Å². The maximum Gasteiger partial charge on any atom is 0.128 e. The Bertz CT molecular complexity index is 753. The third-order valence-corrected chi connectivity index (χ3v) is 4.65. The minimum atomic E-state index is -0.445. The normalized spacial score (nSPS) is 16.0.